The number of hydrogen-bond acceptors (Lipinski definition) is 0. The first-order chi connectivity index (χ1) is 13.5. The molecule has 0 heterocycles. The topological polar surface area (TPSA) is 0 Å². The highest BCUT2D eigenvalue weighted by Crippen LogP contribution is 2.25. The first-order valence-corrected chi connectivity index (χ1v) is 10.3. The van der Waals surface area contributed by atoms with Crippen molar-refractivity contribution in [2.75, 3.05) is 0 Å². The largest absolute Gasteiger partial charge is 0.0991 e. The fraction of sp³-hybridized carbons (Fsp3) is 0.333. The predicted molar refractivity (Wildman–Crippen MR) is 140 cm³/mol. The van der Waals surface area contributed by atoms with Crippen molar-refractivity contribution >= 4 is 11.1 Å². The first-order valence-electron chi connectivity index (χ1n) is 10.3. The Morgan fingerprint density at radius 1 is 0.900 bits per heavy atom. The first kappa shape index (κ1) is 27.4. The lowest BCUT2D eigenvalue weighted by Crippen LogP contribution is -2.10. The highest BCUT2D eigenvalue weighted by Gasteiger charge is 2.11. The van der Waals surface area contributed by atoms with Crippen molar-refractivity contribution in [1.82, 2.24) is 0 Å². The third-order valence-corrected chi connectivity index (χ3v) is 5.11. The van der Waals surface area contributed by atoms with Crippen molar-refractivity contribution < 1.29 is 0 Å². The molecule has 0 nitrogen and oxygen atoms in total. The van der Waals surface area contributed by atoms with Gasteiger partial charge >= 0.3 is 0 Å². The van der Waals surface area contributed by atoms with Gasteiger partial charge in [0.1, 0.15) is 0 Å². The molecule has 30 heavy (non-hydrogen) atoms. The van der Waals surface area contributed by atoms with Crippen LogP contribution in [-0.2, 0) is 5.41 Å². The van der Waals surface area contributed by atoms with Crippen LogP contribution in [0.1, 0.15) is 76.8 Å². The van der Waals surface area contributed by atoms with Crippen LogP contribution in [0.15, 0.2) is 79.4 Å². The van der Waals surface area contributed by atoms with Crippen molar-refractivity contribution in [3.63, 3.8) is 0 Å². The second-order valence-corrected chi connectivity index (χ2v) is 8.83. The Morgan fingerprint density at radius 3 is 1.90 bits per heavy atom. The Morgan fingerprint density at radius 2 is 1.47 bits per heavy atom. The smallest absolute Gasteiger partial charge is 0.0132 e. The van der Waals surface area contributed by atoms with Crippen molar-refractivity contribution in [2.45, 2.75) is 68.2 Å². The molecule has 0 aromatic heterocycles. The molecule has 0 spiro atoms. The number of benzene rings is 2. The van der Waals surface area contributed by atoms with Crippen molar-refractivity contribution in [3.8, 4) is 0 Å². The maximum absolute atomic E-state index is 3.98. The van der Waals surface area contributed by atoms with E-state index in [0.717, 1.165) is 5.57 Å². The summed E-state index contributed by atoms with van der Waals surface area (Å²) < 4.78 is 0. The summed E-state index contributed by atoms with van der Waals surface area (Å²) in [4.78, 5) is 0. The van der Waals surface area contributed by atoms with Gasteiger partial charge < -0.3 is 0 Å². The zero-order chi connectivity index (χ0) is 22.2. The van der Waals surface area contributed by atoms with Crippen LogP contribution in [-0.4, -0.2) is 0 Å². The SMILES string of the molecule is C.C=C/C=C\C(C)=C(/C)c1ccc(C(=C)C)cc1C.Cc1ccc(C(C)(C)C)cc1. The number of rotatable bonds is 4. The fourth-order valence-electron chi connectivity index (χ4n) is 2.95. The van der Waals surface area contributed by atoms with E-state index in [-0.39, 0.29) is 12.8 Å². The standard InChI is InChI=1S/C18H22.C11H16.CH4/c1-7-8-9-14(4)16(6)18-11-10-17(13(2)3)12-15(18)5;1-9-5-7-10(8-6-9)11(2,3)4;/h7-12H,1-2H2,3-6H3;5-8H,1-4H3;1H4/b9-8-,16-14+;;. The lowest BCUT2D eigenvalue weighted by Gasteiger charge is -2.18. The molecule has 162 valence electrons. The molecule has 2 rings (SSSR count). The lowest BCUT2D eigenvalue weighted by atomic mass is 9.87. The average molecular weight is 403 g/mol. The predicted octanol–water partition coefficient (Wildman–Crippen LogP) is 9.49. The Labute approximate surface area is 186 Å². The molecule has 0 amide bonds. The molecule has 0 aliphatic heterocycles. The minimum Gasteiger partial charge on any atom is -0.0991 e. The van der Waals surface area contributed by atoms with Gasteiger partial charge in [0.25, 0.3) is 0 Å². The van der Waals surface area contributed by atoms with Gasteiger partial charge in [0.15, 0.2) is 0 Å². The molecular formula is C30H42. The summed E-state index contributed by atoms with van der Waals surface area (Å²) in [5, 5.41) is 0. The molecule has 0 heteroatoms. The van der Waals surface area contributed by atoms with Crippen LogP contribution in [0, 0.1) is 13.8 Å². The molecule has 0 aliphatic carbocycles. The van der Waals surface area contributed by atoms with Crippen LogP contribution in [0.4, 0.5) is 0 Å². The van der Waals surface area contributed by atoms with E-state index < -0.39 is 0 Å². The molecule has 0 N–H and O–H groups in total. The molecule has 0 saturated heterocycles. The van der Waals surface area contributed by atoms with E-state index >= 15 is 0 Å². The second-order valence-electron chi connectivity index (χ2n) is 8.83. The summed E-state index contributed by atoms with van der Waals surface area (Å²) in [5.41, 5.74) is 10.5. The van der Waals surface area contributed by atoms with Gasteiger partial charge in [0.05, 0.1) is 0 Å². The number of aryl methyl sites for hydroxylation is 2. The molecule has 0 bridgehead atoms. The summed E-state index contributed by atoms with van der Waals surface area (Å²) in [6.45, 7) is 25.0. The monoisotopic (exact) mass is 402 g/mol. The van der Waals surface area contributed by atoms with Crippen molar-refractivity contribution in [1.29, 1.82) is 0 Å². The molecule has 0 aliphatic rings. The number of allylic oxidation sites excluding steroid dienone is 6. The molecule has 0 atom stereocenters. The normalized spacial score (nSPS) is 11.7. The summed E-state index contributed by atoms with van der Waals surface area (Å²) >= 11 is 0. The van der Waals surface area contributed by atoms with Gasteiger partial charge in [-0.3, -0.25) is 0 Å². The molecule has 0 unspecified atom stereocenters. The Kier molecular flexibility index (Phi) is 11.1. The Bertz CT molecular complexity index is 894. The van der Waals surface area contributed by atoms with E-state index in [1.54, 1.807) is 6.08 Å². The van der Waals surface area contributed by atoms with Gasteiger partial charge in [-0.25, -0.2) is 0 Å². The maximum Gasteiger partial charge on any atom is -0.0132 e. The van der Waals surface area contributed by atoms with Gasteiger partial charge in [-0.05, 0) is 73.4 Å². The molecule has 2 aromatic rings. The van der Waals surface area contributed by atoms with E-state index in [1.165, 1.54) is 39.0 Å². The van der Waals surface area contributed by atoms with E-state index in [0.29, 0.717) is 0 Å². The van der Waals surface area contributed by atoms with E-state index in [9.17, 15) is 0 Å². The highest BCUT2D eigenvalue weighted by molar-refractivity contribution is 5.73. The minimum absolute atomic E-state index is 0. The summed E-state index contributed by atoms with van der Waals surface area (Å²) in [5.74, 6) is 0. The van der Waals surface area contributed by atoms with Gasteiger partial charge in [-0.1, -0.05) is 113 Å². The maximum atomic E-state index is 3.98. The quantitative estimate of drug-likeness (QED) is 0.447. The molecular weight excluding hydrogens is 360 g/mol. The third-order valence-electron chi connectivity index (χ3n) is 5.11. The van der Waals surface area contributed by atoms with Gasteiger partial charge in [0, 0.05) is 0 Å². The van der Waals surface area contributed by atoms with Crippen LogP contribution in [0.3, 0.4) is 0 Å². The fourth-order valence-corrected chi connectivity index (χ4v) is 2.95. The second kappa shape index (κ2) is 12.2. The Balaban J connectivity index is 0.000000603. The van der Waals surface area contributed by atoms with Gasteiger partial charge in [-0.2, -0.15) is 0 Å². The zero-order valence-electron chi connectivity index (χ0n) is 19.7. The van der Waals surface area contributed by atoms with E-state index in [2.05, 4.69) is 110 Å². The summed E-state index contributed by atoms with van der Waals surface area (Å²) in [7, 11) is 0. The summed E-state index contributed by atoms with van der Waals surface area (Å²) in [6.07, 6.45) is 5.86. The molecule has 0 fully saturated rings. The Hall–Kier alpha value is -2.60. The van der Waals surface area contributed by atoms with E-state index in [1.807, 2.05) is 13.0 Å². The van der Waals surface area contributed by atoms with Crippen LogP contribution in [0.2, 0.25) is 0 Å². The number of hydrogen-bond donors (Lipinski definition) is 0. The van der Waals surface area contributed by atoms with Crippen LogP contribution in [0.5, 0.6) is 0 Å². The van der Waals surface area contributed by atoms with E-state index in [4.69, 9.17) is 0 Å². The molecule has 0 saturated carbocycles. The van der Waals surface area contributed by atoms with Gasteiger partial charge in [-0.15, -0.1) is 0 Å². The molecule has 0 radical (unpaired) electrons. The van der Waals surface area contributed by atoms with Crippen LogP contribution >= 0.6 is 0 Å². The minimum atomic E-state index is 0. The molecule has 2 aromatic carbocycles. The highest BCUT2D eigenvalue weighted by atomic mass is 14.2. The average Bonchev–Trinajstić information content (AvgIpc) is 2.65. The van der Waals surface area contributed by atoms with Crippen molar-refractivity contribution in [2.24, 2.45) is 0 Å². The van der Waals surface area contributed by atoms with Gasteiger partial charge in [0.2, 0.25) is 0 Å². The van der Waals surface area contributed by atoms with Crippen LogP contribution < -0.4 is 0 Å². The summed E-state index contributed by atoms with van der Waals surface area (Å²) in [6, 6.07) is 15.3. The lowest BCUT2D eigenvalue weighted by molar-refractivity contribution is 0.590. The van der Waals surface area contributed by atoms with Crippen molar-refractivity contribution in [3.05, 3.63) is 107 Å². The van der Waals surface area contributed by atoms with Crippen LogP contribution in [0.25, 0.3) is 11.1 Å². The third kappa shape index (κ3) is 8.41. The zero-order valence-corrected chi connectivity index (χ0v) is 19.7.